The zero-order valence-corrected chi connectivity index (χ0v) is 16.0. The molecule has 2 N–H and O–H groups in total. The Labute approximate surface area is 158 Å². The third kappa shape index (κ3) is 2.52. The predicted octanol–water partition coefficient (Wildman–Crippen LogP) is 3.96. The molecular weight excluding hydrogens is 346 g/mol. The molecule has 0 saturated carbocycles. The fraction of sp³-hybridized carbons (Fsp3) is 0.333. The Kier molecular flexibility index (Phi) is 3.67. The number of rotatable bonds is 1. The Morgan fingerprint density at radius 1 is 1.15 bits per heavy atom. The van der Waals surface area contributed by atoms with Gasteiger partial charge in [0.05, 0.1) is 0 Å². The van der Waals surface area contributed by atoms with E-state index in [9.17, 15) is 4.79 Å². The summed E-state index contributed by atoms with van der Waals surface area (Å²) in [6, 6.07) is 14.0. The fourth-order valence-electron chi connectivity index (χ4n) is 4.32. The number of nitrogens with two attached hydrogens (primary N) is 1. The number of aliphatic imine (C=N–C) groups is 1. The third-order valence-electron chi connectivity index (χ3n) is 5.42. The molecule has 0 saturated heterocycles. The first kappa shape index (κ1) is 17.1. The van der Waals surface area contributed by atoms with Crippen molar-refractivity contribution in [1.29, 1.82) is 0 Å². The van der Waals surface area contributed by atoms with Crippen molar-refractivity contribution < 1.29 is 4.79 Å². The van der Waals surface area contributed by atoms with E-state index in [0.29, 0.717) is 11.4 Å². The summed E-state index contributed by atoms with van der Waals surface area (Å²) in [6.45, 7) is 4.36. The van der Waals surface area contributed by atoms with E-state index in [4.69, 9.17) is 17.3 Å². The lowest BCUT2D eigenvalue weighted by Crippen LogP contribution is -2.46. The Bertz CT molecular complexity index is 950. The van der Waals surface area contributed by atoms with E-state index in [1.165, 1.54) is 4.90 Å². The molecule has 2 aromatic rings. The van der Waals surface area contributed by atoms with Gasteiger partial charge in [0.1, 0.15) is 0 Å². The maximum absolute atomic E-state index is 13.2. The van der Waals surface area contributed by atoms with Crippen LogP contribution < -0.4 is 5.73 Å². The fourth-order valence-corrected chi connectivity index (χ4v) is 4.51. The average molecular weight is 368 g/mol. The zero-order chi connectivity index (χ0) is 18.7. The Balaban J connectivity index is 1.93. The molecule has 0 fully saturated rings. The van der Waals surface area contributed by atoms with E-state index in [1.54, 1.807) is 7.05 Å². The van der Waals surface area contributed by atoms with Gasteiger partial charge in [0.15, 0.2) is 11.5 Å². The van der Waals surface area contributed by atoms with Crippen molar-refractivity contribution >= 4 is 23.5 Å². The summed E-state index contributed by atoms with van der Waals surface area (Å²) in [5.74, 6) is 0.235. The molecule has 1 aliphatic carbocycles. The lowest BCUT2D eigenvalue weighted by atomic mass is 9.65. The van der Waals surface area contributed by atoms with Crippen molar-refractivity contribution in [2.24, 2.45) is 16.1 Å². The molecule has 1 spiro atoms. The minimum atomic E-state index is -0.926. The number of amides is 1. The first-order chi connectivity index (χ1) is 12.2. The van der Waals surface area contributed by atoms with Crippen LogP contribution in [-0.4, -0.2) is 23.8 Å². The number of carbonyl (C=O) groups is 1. The van der Waals surface area contributed by atoms with Gasteiger partial charge in [-0.15, -0.1) is 0 Å². The number of halogens is 1. The standard InChI is InChI=1S/C21H22ClN3O/c1-20(2)11-15-8-7-14(13-5-4-6-16(22)9-13)10-17(15)21(12-20)18(26)25(3)19(23)24-21/h4-10H,11-12H2,1-3H3,(H2,23,24). The monoisotopic (exact) mass is 367 g/mol. The van der Waals surface area contributed by atoms with Crippen LogP contribution >= 0.6 is 11.6 Å². The van der Waals surface area contributed by atoms with Crippen LogP contribution in [-0.2, 0) is 16.8 Å². The van der Waals surface area contributed by atoms with Gasteiger partial charge in [0.25, 0.3) is 5.91 Å². The molecule has 26 heavy (non-hydrogen) atoms. The molecule has 4 nitrogen and oxygen atoms in total. The van der Waals surface area contributed by atoms with Gasteiger partial charge in [-0.3, -0.25) is 9.69 Å². The number of hydrogen-bond acceptors (Lipinski definition) is 3. The minimum absolute atomic E-state index is 0.0325. The molecule has 2 aliphatic rings. The van der Waals surface area contributed by atoms with Crippen molar-refractivity contribution in [1.82, 2.24) is 4.90 Å². The van der Waals surface area contributed by atoms with E-state index in [1.807, 2.05) is 24.3 Å². The maximum atomic E-state index is 13.2. The Morgan fingerprint density at radius 2 is 1.88 bits per heavy atom. The SMILES string of the molecule is CN1C(=O)C2(CC(C)(C)Cc3ccc(-c4cccc(Cl)c4)cc32)N=C1N. The highest BCUT2D eigenvalue weighted by Crippen LogP contribution is 2.50. The third-order valence-corrected chi connectivity index (χ3v) is 5.66. The Hall–Kier alpha value is -2.33. The highest BCUT2D eigenvalue weighted by atomic mass is 35.5. The first-order valence-electron chi connectivity index (χ1n) is 8.75. The maximum Gasteiger partial charge on any atom is 0.261 e. The summed E-state index contributed by atoms with van der Waals surface area (Å²) in [5, 5.41) is 0.690. The summed E-state index contributed by atoms with van der Waals surface area (Å²) < 4.78 is 0. The summed E-state index contributed by atoms with van der Waals surface area (Å²) in [4.78, 5) is 19.3. The number of nitrogens with zero attached hydrogens (tertiary/aromatic N) is 2. The Morgan fingerprint density at radius 3 is 2.54 bits per heavy atom. The average Bonchev–Trinajstić information content (AvgIpc) is 2.78. The predicted molar refractivity (Wildman–Crippen MR) is 105 cm³/mol. The molecule has 134 valence electrons. The topological polar surface area (TPSA) is 58.7 Å². The van der Waals surface area contributed by atoms with E-state index >= 15 is 0 Å². The van der Waals surface area contributed by atoms with Gasteiger partial charge in [0.2, 0.25) is 0 Å². The quantitative estimate of drug-likeness (QED) is 0.829. The van der Waals surface area contributed by atoms with Crippen LogP contribution in [0.4, 0.5) is 0 Å². The number of guanidine groups is 1. The molecule has 2 aromatic carbocycles. The van der Waals surface area contributed by atoms with Gasteiger partial charge >= 0.3 is 0 Å². The highest BCUT2D eigenvalue weighted by molar-refractivity contribution is 6.30. The van der Waals surface area contributed by atoms with E-state index in [0.717, 1.165) is 28.7 Å². The zero-order valence-electron chi connectivity index (χ0n) is 15.2. The molecule has 4 rings (SSSR count). The number of hydrogen-bond donors (Lipinski definition) is 1. The van der Waals surface area contributed by atoms with Gasteiger partial charge in [-0.1, -0.05) is 49.7 Å². The summed E-state index contributed by atoms with van der Waals surface area (Å²) in [5.41, 5.74) is 9.25. The molecule has 5 heteroatoms. The highest BCUT2D eigenvalue weighted by Gasteiger charge is 2.54. The van der Waals surface area contributed by atoms with Crippen LogP contribution in [0.5, 0.6) is 0 Å². The molecular formula is C21H22ClN3O. The van der Waals surface area contributed by atoms with Crippen molar-refractivity contribution in [2.45, 2.75) is 32.2 Å². The molecule has 1 aliphatic heterocycles. The smallest absolute Gasteiger partial charge is 0.261 e. The van der Waals surface area contributed by atoms with Crippen molar-refractivity contribution in [3.8, 4) is 11.1 Å². The molecule has 0 radical (unpaired) electrons. The second kappa shape index (κ2) is 5.58. The van der Waals surface area contributed by atoms with Crippen LogP contribution in [0.2, 0.25) is 5.02 Å². The summed E-state index contributed by atoms with van der Waals surface area (Å²) >= 11 is 6.16. The van der Waals surface area contributed by atoms with Crippen LogP contribution in [0.3, 0.4) is 0 Å². The van der Waals surface area contributed by atoms with Gasteiger partial charge in [-0.05, 0) is 58.7 Å². The van der Waals surface area contributed by atoms with Crippen LogP contribution in [0.15, 0.2) is 47.5 Å². The second-order valence-corrected chi connectivity index (χ2v) is 8.53. The summed E-state index contributed by atoms with van der Waals surface area (Å²) in [6.07, 6.45) is 1.56. The van der Waals surface area contributed by atoms with Gasteiger partial charge < -0.3 is 5.73 Å². The van der Waals surface area contributed by atoms with Crippen LogP contribution in [0.25, 0.3) is 11.1 Å². The number of fused-ring (bicyclic) bond motifs is 2. The van der Waals surface area contributed by atoms with Gasteiger partial charge in [-0.25, -0.2) is 4.99 Å². The molecule has 1 unspecified atom stereocenters. The molecule has 1 heterocycles. The van der Waals surface area contributed by atoms with Crippen LogP contribution in [0, 0.1) is 5.41 Å². The number of carbonyl (C=O) groups excluding carboxylic acids is 1. The van der Waals surface area contributed by atoms with Crippen molar-refractivity contribution in [2.75, 3.05) is 7.05 Å². The molecule has 0 aromatic heterocycles. The van der Waals surface area contributed by atoms with Gasteiger partial charge in [-0.2, -0.15) is 0 Å². The van der Waals surface area contributed by atoms with Gasteiger partial charge in [0, 0.05) is 12.1 Å². The first-order valence-corrected chi connectivity index (χ1v) is 9.13. The lowest BCUT2D eigenvalue weighted by Gasteiger charge is -2.41. The number of likely N-dealkylation sites (N-methyl/N-ethyl adjacent to an activating group) is 1. The van der Waals surface area contributed by atoms with Crippen molar-refractivity contribution in [3.05, 3.63) is 58.6 Å². The lowest BCUT2D eigenvalue weighted by molar-refractivity contribution is -0.132. The molecule has 1 amide bonds. The largest absolute Gasteiger partial charge is 0.369 e. The summed E-state index contributed by atoms with van der Waals surface area (Å²) in [7, 11) is 1.69. The minimum Gasteiger partial charge on any atom is -0.369 e. The van der Waals surface area contributed by atoms with E-state index in [2.05, 4.69) is 37.0 Å². The second-order valence-electron chi connectivity index (χ2n) is 8.09. The van der Waals surface area contributed by atoms with E-state index < -0.39 is 5.54 Å². The van der Waals surface area contributed by atoms with Crippen molar-refractivity contribution in [3.63, 3.8) is 0 Å². The normalized spacial score (nSPS) is 23.9. The van der Waals surface area contributed by atoms with E-state index in [-0.39, 0.29) is 17.3 Å². The molecule has 1 atom stereocenters. The number of benzene rings is 2. The van der Waals surface area contributed by atoms with Crippen LogP contribution in [0.1, 0.15) is 31.4 Å². The molecule has 0 bridgehead atoms.